The van der Waals surface area contributed by atoms with Crippen molar-refractivity contribution in [2.24, 2.45) is 0 Å². The number of ketones is 1. The first-order chi connectivity index (χ1) is 9.06. The molecule has 1 aliphatic rings. The first-order valence-electron chi connectivity index (χ1n) is 5.51. The number of anilines is 1. The van der Waals surface area contributed by atoms with Gasteiger partial charge in [-0.3, -0.25) is 14.5 Å². The SMILES string of the molecule is Cc1nc(CN2C(=O)C(=O)c3ccc(F)cc32)no1. The van der Waals surface area contributed by atoms with Gasteiger partial charge in [0.15, 0.2) is 5.82 Å². The van der Waals surface area contributed by atoms with Crippen LogP contribution in [-0.2, 0) is 11.3 Å². The molecule has 0 N–H and O–H groups in total. The second-order valence-corrected chi connectivity index (χ2v) is 4.11. The van der Waals surface area contributed by atoms with Gasteiger partial charge < -0.3 is 4.52 Å². The molecule has 1 aliphatic heterocycles. The van der Waals surface area contributed by atoms with Gasteiger partial charge in [0.1, 0.15) is 5.82 Å². The molecule has 0 unspecified atom stereocenters. The molecule has 0 spiro atoms. The van der Waals surface area contributed by atoms with Crippen LogP contribution in [0.25, 0.3) is 0 Å². The van der Waals surface area contributed by atoms with Crippen molar-refractivity contribution in [2.75, 3.05) is 4.90 Å². The number of fused-ring (bicyclic) bond motifs is 1. The van der Waals surface area contributed by atoms with Gasteiger partial charge >= 0.3 is 0 Å². The molecule has 3 rings (SSSR count). The maximum Gasteiger partial charge on any atom is 0.299 e. The largest absolute Gasteiger partial charge is 0.340 e. The standard InChI is InChI=1S/C12H8FN3O3/c1-6-14-10(15-19-6)5-16-9-4-7(13)2-3-8(9)11(17)12(16)18/h2-4H,5H2,1H3. The van der Waals surface area contributed by atoms with E-state index < -0.39 is 17.5 Å². The van der Waals surface area contributed by atoms with E-state index >= 15 is 0 Å². The lowest BCUT2D eigenvalue weighted by atomic mass is 10.1. The van der Waals surface area contributed by atoms with Gasteiger partial charge in [-0.2, -0.15) is 4.98 Å². The maximum absolute atomic E-state index is 13.2. The Kier molecular flexibility index (Phi) is 2.41. The monoisotopic (exact) mass is 261 g/mol. The normalized spacial score (nSPS) is 14.1. The molecule has 2 heterocycles. The first-order valence-corrected chi connectivity index (χ1v) is 5.51. The molecule has 1 amide bonds. The van der Waals surface area contributed by atoms with E-state index in [0.717, 1.165) is 17.0 Å². The van der Waals surface area contributed by atoms with Crippen molar-refractivity contribution in [1.29, 1.82) is 0 Å². The number of carbonyl (C=O) groups is 2. The molecule has 1 aromatic heterocycles. The van der Waals surface area contributed by atoms with Crippen molar-refractivity contribution >= 4 is 17.4 Å². The molecule has 0 fully saturated rings. The fourth-order valence-electron chi connectivity index (χ4n) is 1.97. The lowest BCUT2D eigenvalue weighted by Gasteiger charge is -2.13. The molecule has 6 nitrogen and oxygen atoms in total. The van der Waals surface area contributed by atoms with Crippen molar-refractivity contribution in [2.45, 2.75) is 13.5 Å². The second kappa shape index (κ2) is 3.98. The molecular formula is C12H8FN3O3. The van der Waals surface area contributed by atoms with Crippen molar-refractivity contribution < 1.29 is 18.5 Å². The van der Waals surface area contributed by atoms with Crippen LogP contribution >= 0.6 is 0 Å². The van der Waals surface area contributed by atoms with Crippen LogP contribution in [0, 0.1) is 12.7 Å². The topological polar surface area (TPSA) is 76.3 Å². The quantitative estimate of drug-likeness (QED) is 0.760. The summed E-state index contributed by atoms with van der Waals surface area (Å²) in [7, 11) is 0. The third kappa shape index (κ3) is 1.79. The molecule has 7 heteroatoms. The van der Waals surface area contributed by atoms with E-state index in [1.165, 1.54) is 6.07 Å². The third-order valence-corrected chi connectivity index (χ3v) is 2.80. The van der Waals surface area contributed by atoms with E-state index in [4.69, 9.17) is 4.52 Å². The van der Waals surface area contributed by atoms with E-state index in [1.807, 2.05) is 0 Å². The summed E-state index contributed by atoms with van der Waals surface area (Å²) in [6.07, 6.45) is 0. The van der Waals surface area contributed by atoms with Gasteiger partial charge in [-0.15, -0.1) is 0 Å². The average molecular weight is 261 g/mol. The highest BCUT2D eigenvalue weighted by atomic mass is 19.1. The summed E-state index contributed by atoms with van der Waals surface area (Å²) < 4.78 is 18.0. The number of hydrogen-bond donors (Lipinski definition) is 0. The Hall–Kier alpha value is -2.57. The van der Waals surface area contributed by atoms with Gasteiger partial charge in [-0.05, 0) is 18.2 Å². The number of aromatic nitrogens is 2. The summed E-state index contributed by atoms with van der Waals surface area (Å²) in [5.74, 6) is -1.28. The molecular weight excluding hydrogens is 253 g/mol. The number of halogens is 1. The molecule has 1 aromatic carbocycles. The van der Waals surface area contributed by atoms with Crippen LogP contribution in [0.2, 0.25) is 0 Å². The predicted molar refractivity (Wildman–Crippen MR) is 61.0 cm³/mol. The van der Waals surface area contributed by atoms with Crippen molar-refractivity contribution in [1.82, 2.24) is 10.1 Å². The molecule has 96 valence electrons. The number of aryl methyl sites for hydroxylation is 1. The van der Waals surface area contributed by atoms with E-state index in [9.17, 15) is 14.0 Å². The molecule has 0 atom stereocenters. The summed E-state index contributed by atoms with van der Waals surface area (Å²) >= 11 is 0. The minimum Gasteiger partial charge on any atom is -0.340 e. The van der Waals surface area contributed by atoms with Crippen LogP contribution in [0.1, 0.15) is 22.1 Å². The molecule has 19 heavy (non-hydrogen) atoms. The number of amides is 1. The van der Waals surface area contributed by atoms with Gasteiger partial charge in [-0.25, -0.2) is 4.39 Å². The molecule has 0 saturated heterocycles. The number of rotatable bonds is 2. The maximum atomic E-state index is 13.2. The van der Waals surface area contributed by atoms with Gasteiger partial charge in [-0.1, -0.05) is 5.16 Å². The van der Waals surface area contributed by atoms with Crippen molar-refractivity contribution in [3.63, 3.8) is 0 Å². The summed E-state index contributed by atoms with van der Waals surface area (Å²) in [6, 6.07) is 3.59. The van der Waals surface area contributed by atoms with E-state index in [2.05, 4.69) is 10.1 Å². The number of benzene rings is 1. The average Bonchev–Trinajstić information content (AvgIpc) is 2.88. The predicted octanol–water partition coefficient (Wildman–Crippen LogP) is 1.25. The summed E-state index contributed by atoms with van der Waals surface area (Å²) in [5.41, 5.74) is 0.420. The molecule has 0 radical (unpaired) electrons. The van der Waals surface area contributed by atoms with Crippen LogP contribution in [0.3, 0.4) is 0 Å². The Labute approximate surface area is 106 Å². The van der Waals surface area contributed by atoms with Crippen molar-refractivity contribution in [3.05, 3.63) is 41.3 Å². The van der Waals surface area contributed by atoms with Crippen LogP contribution in [-0.4, -0.2) is 21.8 Å². The van der Waals surface area contributed by atoms with E-state index in [-0.39, 0.29) is 23.6 Å². The number of hydrogen-bond acceptors (Lipinski definition) is 5. The van der Waals surface area contributed by atoms with Gasteiger partial charge in [0, 0.05) is 6.92 Å². The number of nitrogens with zero attached hydrogens (tertiary/aromatic N) is 3. The highest BCUT2D eigenvalue weighted by Gasteiger charge is 2.36. The Balaban J connectivity index is 2.01. The van der Waals surface area contributed by atoms with E-state index in [1.54, 1.807) is 6.92 Å². The van der Waals surface area contributed by atoms with Crippen LogP contribution < -0.4 is 4.90 Å². The van der Waals surface area contributed by atoms with Crippen LogP contribution in [0.4, 0.5) is 10.1 Å². The van der Waals surface area contributed by atoms with Crippen LogP contribution in [0.5, 0.6) is 0 Å². The summed E-state index contributed by atoms with van der Waals surface area (Å²) in [5, 5.41) is 3.65. The number of Topliss-reactive ketones (excluding diaryl/α,β-unsaturated/α-hetero) is 1. The first kappa shape index (κ1) is 11.5. The third-order valence-electron chi connectivity index (χ3n) is 2.80. The Morgan fingerprint density at radius 2 is 2.16 bits per heavy atom. The fourth-order valence-corrected chi connectivity index (χ4v) is 1.97. The second-order valence-electron chi connectivity index (χ2n) is 4.11. The molecule has 0 bridgehead atoms. The molecule has 0 saturated carbocycles. The zero-order chi connectivity index (χ0) is 13.6. The zero-order valence-electron chi connectivity index (χ0n) is 9.88. The minimum absolute atomic E-state index is 0.0294. The summed E-state index contributed by atoms with van der Waals surface area (Å²) in [6.45, 7) is 1.58. The van der Waals surface area contributed by atoms with Gasteiger partial charge in [0.25, 0.3) is 11.7 Å². The van der Waals surface area contributed by atoms with Gasteiger partial charge in [0.05, 0.1) is 17.8 Å². The number of carbonyl (C=O) groups excluding carboxylic acids is 2. The molecule has 2 aromatic rings. The Morgan fingerprint density at radius 1 is 1.37 bits per heavy atom. The zero-order valence-corrected chi connectivity index (χ0v) is 9.88. The highest BCUT2D eigenvalue weighted by molar-refractivity contribution is 6.52. The molecule has 0 aliphatic carbocycles. The lowest BCUT2D eigenvalue weighted by molar-refractivity contribution is -0.114. The Bertz CT molecular complexity index is 695. The Morgan fingerprint density at radius 3 is 2.84 bits per heavy atom. The summed E-state index contributed by atoms with van der Waals surface area (Å²) in [4.78, 5) is 28.7. The highest BCUT2D eigenvalue weighted by Crippen LogP contribution is 2.30. The van der Waals surface area contributed by atoms with Crippen molar-refractivity contribution in [3.8, 4) is 0 Å². The minimum atomic E-state index is -0.719. The van der Waals surface area contributed by atoms with Crippen LogP contribution in [0.15, 0.2) is 22.7 Å². The lowest BCUT2D eigenvalue weighted by Crippen LogP contribution is -2.29. The van der Waals surface area contributed by atoms with E-state index in [0.29, 0.717) is 5.89 Å². The smallest absolute Gasteiger partial charge is 0.299 e. The fraction of sp³-hybridized carbons (Fsp3) is 0.167. The van der Waals surface area contributed by atoms with Gasteiger partial charge in [0.2, 0.25) is 5.89 Å².